The van der Waals surface area contributed by atoms with Gasteiger partial charge in [0, 0.05) is 13.1 Å². The van der Waals surface area contributed by atoms with Crippen LogP contribution in [-0.4, -0.2) is 66.3 Å². The molecule has 0 spiro atoms. The van der Waals surface area contributed by atoms with Crippen LogP contribution in [0.3, 0.4) is 0 Å². The van der Waals surface area contributed by atoms with Gasteiger partial charge in [0.2, 0.25) is 17.7 Å². The fourth-order valence-corrected chi connectivity index (χ4v) is 6.07. The van der Waals surface area contributed by atoms with E-state index in [0.717, 1.165) is 22.3 Å². The second-order valence-electron chi connectivity index (χ2n) is 14.4. The fraction of sp³-hybridized carbons (Fsp3) is 0.364. The van der Waals surface area contributed by atoms with Crippen molar-refractivity contribution >= 4 is 23.8 Å². The van der Waals surface area contributed by atoms with Gasteiger partial charge < -0.3 is 35.8 Å². The highest BCUT2D eigenvalue weighted by atomic mass is 16.5. The van der Waals surface area contributed by atoms with E-state index < -0.39 is 48.2 Å². The van der Waals surface area contributed by atoms with E-state index in [4.69, 9.17) is 9.47 Å². The average molecular weight is 766 g/mol. The highest BCUT2D eigenvalue weighted by Gasteiger charge is 2.38. The summed E-state index contributed by atoms with van der Waals surface area (Å²) in [6, 6.07) is 30.9. The monoisotopic (exact) mass is 765 g/mol. The molecule has 0 aliphatic rings. The molecule has 4 aromatic rings. The van der Waals surface area contributed by atoms with Gasteiger partial charge in [-0.15, -0.1) is 0 Å². The molecule has 0 unspecified atom stereocenters. The Balaban J connectivity index is 1.58. The first-order chi connectivity index (χ1) is 26.9. The zero-order valence-electron chi connectivity index (χ0n) is 32.7. The lowest BCUT2D eigenvalue weighted by Gasteiger charge is -2.33. The Morgan fingerprint density at radius 1 is 0.571 bits per heavy atom. The summed E-state index contributed by atoms with van der Waals surface area (Å²) >= 11 is 0. The minimum atomic E-state index is -1.50. The van der Waals surface area contributed by atoms with Crippen molar-refractivity contribution < 1.29 is 33.8 Å². The molecule has 0 bridgehead atoms. The topological polar surface area (TPSA) is 167 Å². The summed E-state index contributed by atoms with van der Waals surface area (Å²) in [5.74, 6) is -1.57. The van der Waals surface area contributed by atoms with E-state index in [-0.39, 0.29) is 43.9 Å². The Bertz CT molecular complexity index is 1810. The predicted molar refractivity (Wildman–Crippen MR) is 215 cm³/mol. The Morgan fingerprint density at radius 2 is 1.07 bits per heavy atom. The average Bonchev–Trinajstić information content (AvgIpc) is 3.21. The molecule has 0 saturated heterocycles. The quantitative estimate of drug-likeness (QED) is 0.0757. The van der Waals surface area contributed by atoms with E-state index in [9.17, 15) is 24.3 Å². The Labute approximate surface area is 329 Å². The third-order valence-electron chi connectivity index (χ3n) is 9.34. The number of benzene rings is 4. The van der Waals surface area contributed by atoms with Crippen LogP contribution >= 0.6 is 0 Å². The molecule has 4 amide bonds. The van der Waals surface area contributed by atoms with Crippen LogP contribution < -0.4 is 31.3 Å². The second kappa shape index (κ2) is 22.0. The van der Waals surface area contributed by atoms with Gasteiger partial charge in [-0.3, -0.25) is 19.7 Å². The minimum absolute atomic E-state index is 0.0206. The summed E-state index contributed by atoms with van der Waals surface area (Å²) in [6.45, 7) is 7.68. The number of hydrogen-bond acceptors (Lipinski definition) is 8. The van der Waals surface area contributed by atoms with Crippen LogP contribution in [-0.2, 0) is 45.2 Å². The van der Waals surface area contributed by atoms with Gasteiger partial charge in [0.1, 0.15) is 30.5 Å². The molecule has 0 aliphatic carbocycles. The van der Waals surface area contributed by atoms with Gasteiger partial charge >= 0.3 is 6.09 Å². The van der Waals surface area contributed by atoms with Crippen molar-refractivity contribution in [2.75, 3.05) is 7.11 Å². The van der Waals surface area contributed by atoms with Crippen LogP contribution in [0.25, 0.3) is 0 Å². The number of aliphatic hydroxyl groups is 1. The Morgan fingerprint density at radius 3 is 1.62 bits per heavy atom. The van der Waals surface area contributed by atoms with Crippen molar-refractivity contribution in [3.8, 4) is 5.75 Å². The number of hydrogen-bond donors (Lipinski definition) is 6. The summed E-state index contributed by atoms with van der Waals surface area (Å²) in [7, 11) is 1.57. The van der Waals surface area contributed by atoms with Gasteiger partial charge in [0.05, 0.1) is 19.3 Å². The molecule has 5 atom stereocenters. The van der Waals surface area contributed by atoms with Gasteiger partial charge in [0.15, 0.2) is 0 Å². The van der Waals surface area contributed by atoms with Gasteiger partial charge in [-0.05, 0) is 52.6 Å². The number of aliphatic hydroxyl groups excluding tert-OH is 1. The number of alkyl carbamates (subject to hydrolysis) is 1. The lowest BCUT2D eigenvalue weighted by atomic mass is 9.93. The molecule has 6 N–H and O–H groups in total. The molecule has 0 aliphatic heterocycles. The molecule has 56 heavy (non-hydrogen) atoms. The number of ether oxygens (including phenoxy) is 2. The molecule has 12 heteroatoms. The van der Waals surface area contributed by atoms with Crippen LogP contribution in [0, 0.1) is 11.8 Å². The van der Waals surface area contributed by atoms with Crippen LogP contribution in [0.4, 0.5) is 4.79 Å². The maximum Gasteiger partial charge on any atom is 0.408 e. The Kier molecular flexibility index (Phi) is 16.9. The van der Waals surface area contributed by atoms with Gasteiger partial charge in [-0.2, -0.15) is 0 Å². The first kappa shape index (κ1) is 43.0. The smallest absolute Gasteiger partial charge is 0.408 e. The predicted octanol–water partition coefficient (Wildman–Crippen LogP) is 4.65. The Hall–Kier alpha value is -5.72. The van der Waals surface area contributed by atoms with E-state index in [2.05, 4.69) is 26.6 Å². The van der Waals surface area contributed by atoms with Gasteiger partial charge in [0.25, 0.3) is 0 Å². The minimum Gasteiger partial charge on any atom is -0.497 e. The van der Waals surface area contributed by atoms with E-state index in [1.165, 1.54) is 0 Å². The third kappa shape index (κ3) is 13.5. The number of methoxy groups -OCH3 is 1. The maximum atomic E-state index is 14.3. The van der Waals surface area contributed by atoms with Crippen LogP contribution in [0.15, 0.2) is 115 Å². The lowest BCUT2D eigenvalue weighted by molar-refractivity contribution is -0.134. The molecule has 0 aromatic heterocycles. The molecular weight excluding hydrogens is 711 g/mol. The van der Waals surface area contributed by atoms with Crippen LogP contribution in [0.1, 0.15) is 49.9 Å². The number of rotatable bonds is 20. The van der Waals surface area contributed by atoms with Crippen LogP contribution in [0.2, 0.25) is 0 Å². The van der Waals surface area contributed by atoms with Crippen molar-refractivity contribution in [1.29, 1.82) is 0 Å². The largest absolute Gasteiger partial charge is 0.497 e. The maximum absolute atomic E-state index is 14.3. The van der Waals surface area contributed by atoms with Crippen molar-refractivity contribution in [2.45, 2.75) is 84.1 Å². The molecular formula is C44H55N5O7. The normalized spacial score (nSPS) is 13.8. The van der Waals surface area contributed by atoms with E-state index in [0.29, 0.717) is 5.75 Å². The van der Waals surface area contributed by atoms with E-state index in [1.807, 2.05) is 117 Å². The highest BCUT2D eigenvalue weighted by Crippen LogP contribution is 2.16. The molecule has 4 rings (SSSR count). The third-order valence-corrected chi connectivity index (χ3v) is 9.34. The van der Waals surface area contributed by atoms with Gasteiger partial charge in [-0.1, -0.05) is 131 Å². The number of carbonyl (C=O) groups excluding carboxylic acids is 4. The lowest BCUT2D eigenvalue weighted by Crippen LogP contribution is -2.63. The SMILES string of the molecule is COc1ccc(CN[C@@H](C(=O)N[C@H](C(=O)NCc2ccccc2)C(C)C)[C@H](O)[C@H](Cc2ccccc2)NC(=O)[C@@H](NC(=O)OCc2ccccc2)C(C)C)cc1. The fourth-order valence-electron chi connectivity index (χ4n) is 6.07. The first-order valence-electron chi connectivity index (χ1n) is 18.9. The van der Waals surface area contributed by atoms with Crippen LogP contribution in [0.5, 0.6) is 5.75 Å². The zero-order valence-corrected chi connectivity index (χ0v) is 32.7. The summed E-state index contributed by atoms with van der Waals surface area (Å²) in [5.41, 5.74) is 3.29. The second-order valence-corrected chi connectivity index (χ2v) is 14.4. The standard InChI is InChI=1S/C44H55N5O7/c1-29(2)37(41(51)46-27-32-17-11-7-12-18-32)48-43(53)39(45-26-33-21-23-35(55-5)24-22-33)40(50)36(25-31-15-9-6-10-16-31)47-42(52)38(30(3)4)49-44(54)56-28-34-19-13-8-14-20-34/h6-24,29-30,36-40,45,50H,25-28H2,1-5H3,(H,46,51)(H,47,52)(H,48,53)(H,49,54)/t36-,37-,38-,39+,40+/m0/s1. The summed E-state index contributed by atoms with van der Waals surface area (Å²) in [6.07, 6.45) is -2.13. The van der Waals surface area contributed by atoms with Gasteiger partial charge in [-0.25, -0.2) is 4.79 Å². The molecule has 4 aromatic carbocycles. The first-order valence-corrected chi connectivity index (χ1v) is 18.9. The van der Waals surface area contributed by atoms with E-state index in [1.54, 1.807) is 33.1 Å². The van der Waals surface area contributed by atoms with Crippen molar-refractivity contribution in [3.05, 3.63) is 138 Å². The van der Waals surface area contributed by atoms with E-state index >= 15 is 0 Å². The molecule has 0 heterocycles. The van der Waals surface area contributed by atoms with Crippen molar-refractivity contribution in [1.82, 2.24) is 26.6 Å². The molecule has 0 fully saturated rings. The molecule has 0 saturated carbocycles. The highest BCUT2D eigenvalue weighted by molar-refractivity contribution is 5.90. The summed E-state index contributed by atoms with van der Waals surface area (Å²) in [5, 5.41) is 26.8. The summed E-state index contributed by atoms with van der Waals surface area (Å²) < 4.78 is 10.7. The number of amides is 4. The van der Waals surface area contributed by atoms with Crippen molar-refractivity contribution in [3.63, 3.8) is 0 Å². The van der Waals surface area contributed by atoms with Crippen molar-refractivity contribution in [2.24, 2.45) is 11.8 Å². The molecule has 298 valence electrons. The zero-order chi connectivity index (χ0) is 40.5. The number of carbonyl (C=O) groups is 4. The molecule has 12 nitrogen and oxygen atoms in total. The molecule has 0 radical (unpaired) electrons. The summed E-state index contributed by atoms with van der Waals surface area (Å²) in [4.78, 5) is 54.7. The number of nitrogens with one attached hydrogen (secondary N) is 5.